The number of anilines is 1. The number of morpholine rings is 1. The van der Waals surface area contributed by atoms with E-state index in [-0.39, 0.29) is 18.1 Å². The summed E-state index contributed by atoms with van der Waals surface area (Å²) in [5.41, 5.74) is 2.06. The Labute approximate surface area is 190 Å². The van der Waals surface area contributed by atoms with Gasteiger partial charge in [-0.3, -0.25) is 14.6 Å². The van der Waals surface area contributed by atoms with Gasteiger partial charge < -0.3 is 10.1 Å². The van der Waals surface area contributed by atoms with E-state index in [1.54, 1.807) is 0 Å². The summed E-state index contributed by atoms with van der Waals surface area (Å²) in [6, 6.07) is 12.5. The number of nitrogens with zero attached hydrogens (tertiary/aromatic N) is 4. The SMILES string of the molecule is C[C@@H]1CN(C[C@H]2CCCN2CC(=O)Nc2cc(C3CC3)nn2-c2ccccc2)C[C@@H](C)O1. The van der Waals surface area contributed by atoms with Gasteiger partial charge in [-0.1, -0.05) is 18.2 Å². The monoisotopic (exact) mass is 437 g/mol. The van der Waals surface area contributed by atoms with Crippen molar-refractivity contribution < 1.29 is 9.53 Å². The molecule has 5 rings (SSSR count). The van der Waals surface area contributed by atoms with Gasteiger partial charge in [0, 0.05) is 37.7 Å². The lowest BCUT2D eigenvalue weighted by Crippen LogP contribution is -2.50. The maximum atomic E-state index is 13.1. The van der Waals surface area contributed by atoms with E-state index in [4.69, 9.17) is 9.84 Å². The Balaban J connectivity index is 1.23. The summed E-state index contributed by atoms with van der Waals surface area (Å²) in [5, 5.41) is 7.97. The van der Waals surface area contributed by atoms with E-state index in [9.17, 15) is 4.79 Å². The predicted octanol–water partition coefficient (Wildman–Crippen LogP) is 3.26. The molecule has 7 heteroatoms. The summed E-state index contributed by atoms with van der Waals surface area (Å²) in [6.45, 7) is 8.67. The molecule has 32 heavy (non-hydrogen) atoms. The molecule has 1 aliphatic carbocycles. The molecule has 0 radical (unpaired) electrons. The molecule has 7 nitrogen and oxygen atoms in total. The lowest BCUT2D eigenvalue weighted by atomic mass is 10.1. The quantitative estimate of drug-likeness (QED) is 0.720. The number of hydrogen-bond donors (Lipinski definition) is 1. The second-order valence-electron chi connectivity index (χ2n) is 9.77. The Morgan fingerprint density at radius 3 is 2.59 bits per heavy atom. The van der Waals surface area contributed by atoms with Crippen molar-refractivity contribution in [2.75, 3.05) is 38.0 Å². The number of ether oxygens (including phenoxy) is 1. The Kier molecular flexibility index (Phi) is 6.31. The first-order valence-corrected chi connectivity index (χ1v) is 12.1. The van der Waals surface area contributed by atoms with Gasteiger partial charge in [-0.15, -0.1) is 0 Å². The number of nitrogens with one attached hydrogen (secondary N) is 1. The standard InChI is InChI=1S/C25H35N5O2/c1-18-14-28(15-19(2)32-18)16-22-9-6-12-29(22)17-25(31)26-24-13-23(20-10-11-20)27-30(24)21-7-4-3-5-8-21/h3-5,7-8,13,18-20,22H,6,9-12,14-17H2,1-2H3,(H,26,31)/t18-,19-,22-/m1/s1. The minimum atomic E-state index is 0.0417. The van der Waals surface area contributed by atoms with Gasteiger partial charge in [0.2, 0.25) is 5.91 Å². The zero-order valence-electron chi connectivity index (χ0n) is 19.2. The van der Waals surface area contributed by atoms with Crippen LogP contribution < -0.4 is 5.32 Å². The van der Waals surface area contributed by atoms with Crippen LogP contribution in [0.5, 0.6) is 0 Å². The molecule has 2 aromatic rings. The van der Waals surface area contributed by atoms with Crippen LogP contribution in [0.15, 0.2) is 36.4 Å². The molecule has 3 atom stereocenters. The van der Waals surface area contributed by atoms with Crippen molar-refractivity contribution in [2.45, 2.75) is 63.7 Å². The van der Waals surface area contributed by atoms with Crippen molar-refractivity contribution in [3.63, 3.8) is 0 Å². The van der Waals surface area contributed by atoms with Crippen LogP contribution in [0.4, 0.5) is 5.82 Å². The Morgan fingerprint density at radius 2 is 1.88 bits per heavy atom. The number of benzene rings is 1. The third kappa shape index (κ3) is 5.05. The second-order valence-corrected chi connectivity index (χ2v) is 9.77. The second kappa shape index (κ2) is 9.33. The molecule has 2 aliphatic heterocycles. The van der Waals surface area contributed by atoms with Gasteiger partial charge in [-0.05, 0) is 58.2 Å². The predicted molar refractivity (Wildman–Crippen MR) is 125 cm³/mol. The first kappa shape index (κ1) is 21.6. The fourth-order valence-corrected chi connectivity index (χ4v) is 5.24. The smallest absolute Gasteiger partial charge is 0.239 e. The van der Waals surface area contributed by atoms with Crippen LogP contribution in [0.3, 0.4) is 0 Å². The van der Waals surface area contributed by atoms with Crippen LogP contribution in [-0.4, -0.2) is 76.5 Å². The van der Waals surface area contributed by atoms with E-state index in [0.717, 1.165) is 56.2 Å². The number of carbonyl (C=O) groups is 1. The molecule has 0 unspecified atom stereocenters. The van der Waals surface area contributed by atoms with Crippen molar-refractivity contribution in [3.8, 4) is 5.69 Å². The lowest BCUT2D eigenvalue weighted by molar-refractivity contribution is -0.118. The van der Waals surface area contributed by atoms with Gasteiger partial charge >= 0.3 is 0 Å². The number of likely N-dealkylation sites (tertiary alicyclic amines) is 1. The van der Waals surface area contributed by atoms with E-state index in [2.05, 4.69) is 35.0 Å². The van der Waals surface area contributed by atoms with Crippen LogP contribution >= 0.6 is 0 Å². The Bertz CT molecular complexity index is 916. The molecule has 3 aliphatic rings. The fraction of sp³-hybridized carbons (Fsp3) is 0.600. The molecule has 0 bridgehead atoms. The number of para-hydroxylation sites is 1. The topological polar surface area (TPSA) is 62.6 Å². The van der Waals surface area contributed by atoms with Crippen LogP contribution in [0.2, 0.25) is 0 Å². The van der Waals surface area contributed by atoms with Crippen LogP contribution in [0.1, 0.15) is 51.1 Å². The van der Waals surface area contributed by atoms with Crippen molar-refractivity contribution in [1.29, 1.82) is 0 Å². The molecule has 1 saturated carbocycles. The van der Waals surface area contributed by atoms with Gasteiger partial charge in [0.25, 0.3) is 0 Å². The molecule has 1 amide bonds. The van der Waals surface area contributed by atoms with Gasteiger partial charge in [0.1, 0.15) is 5.82 Å². The van der Waals surface area contributed by atoms with Gasteiger partial charge in [0.15, 0.2) is 0 Å². The Hall–Kier alpha value is -2.22. The summed E-state index contributed by atoms with van der Waals surface area (Å²) >= 11 is 0. The highest BCUT2D eigenvalue weighted by molar-refractivity contribution is 5.91. The number of amides is 1. The normalized spacial score (nSPS) is 27.0. The minimum Gasteiger partial charge on any atom is -0.373 e. The molecule has 1 aromatic carbocycles. The van der Waals surface area contributed by atoms with E-state index >= 15 is 0 Å². The average molecular weight is 438 g/mol. The highest BCUT2D eigenvalue weighted by Crippen LogP contribution is 2.40. The summed E-state index contributed by atoms with van der Waals surface area (Å²) in [5.74, 6) is 1.35. The molecule has 0 spiro atoms. The van der Waals surface area contributed by atoms with Gasteiger partial charge in [-0.2, -0.15) is 5.10 Å². The molecular formula is C25H35N5O2. The summed E-state index contributed by atoms with van der Waals surface area (Å²) < 4.78 is 7.76. The molecule has 1 N–H and O–H groups in total. The van der Waals surface area contributed by atoms with E-state index < -0.39 is 0 Å². The van der Waals surface area contributed by atoms with Crippen molar-refractivity contribution >= 4 is 11.7 Å². The average Bonchev–Trinajstić information content (AvgIpc) is 3.40. The molecule has 172 valence electrons. The lowest BCUT2D eigenvalue weighted by Gasteiger charge is -2.38. The highest BCUT2D eigenvalue weighted by Gasteiger charge is 2.32. The number of carbonyl (C=O) groups excluding carboxylic acids is 1. The largest absolute Gasteiger partial charge is 0.373 e. The molecule has 1 aromatic heterocycles. The summed E-state index contributed by atoms with van der Waals surface area (Å²) in [7, 11) is 0. The van der Waals surface area contributed by atoms with Crippen molar-refractivity contribution in [1.82, 2.24) is 19.6 Å². The zero-order valence-corrected chi connectivity index (χ0v) is 19.2. The maximum Gasteiger partial charge on any atom is 0.239 e. The first-order valence-electron chi connectivity index (χ1n) is 12.1. The summed E-state index contributed by atoms with van der Waals surface area (Å²) in [4.78, 5) is 17.9. The van der Waals surface area contributed by atoms with E-state index in [1.165, 1.54) is 12.8 Å². The molecule has 3 heterocycles. The third-order valence-electron chi connectivity index (χ3n) is 6.80. The van der Waals surface area contributed by atoms with Crippen molar-refractivity contribution in [2.24, 2.45) is 0 Å². The summed E-state index contributed by atoms with van der Waals surface area (Å²) in [6.07, 6.45) is 5.23. The third-order valence-corrected chi connectivity index (χ3v) is 6.80. The number of aromatic nitrogens is 2. The Morgan fingerprint density at radius 1 is 1.12 bits per heavy atom. The molecule has 3 fully saturated rings. The maximum absolute atomic E-state index is 13.1. The van der Waals surface area contributed by atoms with Gasteiger partial charge in [0.05, 0.1) is 30.1 Å². The molecule has 2 saturated heterocycles. The fourth-order valence-electron chi connectivity index (χ4n) is 5.24. The van der Waals surface area contributed by atoms with Crippen LogP contribution in [0, 0.1) is 0 Å². The minimum absolute atomic E-state index is 0.0417. The van der Waals surface area contributed by atoms with Crippen LogP contribution in [-0.2, 0) is 9.53 Å². The molecular weight excluding hydrogens is 402 g/mol. The number of hydrogen-bond acceptors (Lipinski definition) is 5. The van der Waals surface area contributed by atoms with Crippen LogP contribution in [0.25, 0.3) is 5.69 Å². The number of rotatable bonds is 7. The van der Waals surface area contributed by atoms with Gasteiger partial charge in [-0.25, -0.2) is 4.68 Å². The van der Waals surface area contributed by atoms with E-state index in [1.807, 2.05) is 35.0 Å². The first-order chi connectivity index (χ1) is 15.5. The van der Waals surface area contributed by atoms with E-state index in [0.29, 0.717) is 18.5 Å². The zero-order chi connectivity index (χ0) is 22.1. The van der Waals surface area contributed by atoms with Crippen molar-refractivity contribution in [3.05, 3.63) is 42.1 Å². The highest BCUT2D eigenvalue weighted by atomic mass is 16.5.